The first-order chi connectivity index (χ1) is 13.6. The van der Waals surface area contributed by atoms with Crippen molar-refractivity contribution in [2.24, 2.45) is 0 Å². The second kappa shape index (κ2) is 10.2. The molecule has 156 valence electrons. The standard InChI is InChI=1S/C22H38N6/c1-4-5-10-19-25-20-18(16-24-21(20)22(23)26-19)9-7-6-8-11-27-12-14-28(15-13-27)17(2)3/h16-17,24H,4-15H2,1-3H3,(H2,23,25,26). The molecule has 1 aliphatic heterocycles. The van der Waals surface area contributed by atoms with Gasteiger partial charge in [0.25, 0.3) is 0 Å². The number of rotatable bonds is 10. The summed E-state index contributed by atoms with van der Waals surface area (Å²) < 4.78 is 0. The Morgan fingerprint density at radius 2 is 1.82 bits per heavy atom. The van der Waals surface area contributed by atoms with E-state index < -0.39 is 0 Å². The quantitative estimate of drug-likeness (QED) is 0.610. The summed E-state index contributed by atoms with van der Waals surface area (Å²) in [5, 5.41) is 0. The first-order valence-corrected chi connectivity index (χ1v) is 11.2. The minimum absolute atomic E-state index is 0.586. The van der Waals surface area contributed by atoms with Crippen molar-refractivity contribution in [1.82, 2.24) is 24.8 Å². The van der Waals surface area contributed by atoms with Gasteiger partial charge >= 0.3 is 0 Å². The Balaban J connectivity index is 1.43. The molecule has 3 heterocycles. The van der Waals surface area contributed by atoms with E-state index in [1.807, 2.05) is 0 Å². The van der Waals surface area contributed by atoms with Crippen molar-refractivity contribution < 1.29 is 0 Å². The molecule has 2 aromatic heterocycles. The zero-order chi connectivity index (χ0) is 19.9. The lowest BCUT2D eigenvalue weighted by Gasteiger charge is -2.36. The van der Waals surface area contributed by atoms with Gasteiger partial charge in [-0.3, -0.25) is 4.90 Å². The number of nitrogen functional groups attached to an aromatic ring is 1. The zero-order valence-corrected chi connectivity index (χ0v) is 18.0. The van der Waals surface area contributed by atoms with E-state index in [4.69, 9.17) is 10.7 Å². The molecule has 3 rings (SSSR count). The second-order valence-corrected chi connectivity index (χ2v) is 8.45. The van der Waals surface area contributed by atoms with Gasteiger partial charge in [-0.05, 0) is 51.6 Å². The number of aromatic amines is 1. The fraction of sp³-hybridized carbons (Fsp3) is 0.727. The minimum atomic E-state index is 0.586. The van der Waals surface area contributed by atoms with E-state index >= 15 is 0 Å². The van der Waals surface area contributed by atoms with Gasteiger partial charge in [0.2, 0.25) is 0 Å². The molecular weight excluding hydrogens is 348 g/mol. The van der Waals surface area contributed by atoms with Gasteiger partial charge in [0.15, 0.2) is 5.82 Å². The van der Waals surface area contributed by atoms with Crippen molar-refractivity contribution in [3.05, 3.63) is 17.6 Å². The number of hydrogen-bond donors (Lipinski definition) is 2. The summed E-state index contributed by atoms with van der Waals surface area (Å²) in [5.74, 6) is 1.47. The molecule has 0 spiro atoms. The van der Waals surface area contributed by atoms with Crippen molar-refractivity contribution in [3.63, 3.8) is 0 Å². The summed E-state index contributed by atoms with van der Waals surface area (Å²) >= 11 is 0. The van der Waals surface area contributed by atoms with E-state index in [-0.39, 0.29) is 0 Å². The Kier molecular flexibility index (Phi) is 7.68. The van der Waals surface area contributed by atoms with Crippen LogP contribution < -0.4 is 5.73 Å². The van der Waals surface area contributed by atoms with Crippen molar-refractivity contribution in [3.8, 4) is 0 Å². The van der Waals surface area contributed by atoms with Gasteiger partial charge in [0.05, 0.1) is 5.52 Å². The maximum absolute atomic E-state index is 6.14. The average Bonchev–Trinajstić information content (AvgIpc) is 3.10. The van der Waals surface area contributed by atoms with Gasteiger partial charge in [-0.2, -0.15) is 0 Å². The van der Waals surface area contributed by atoms with Crippen LogP contribution in [0.5, 0.6) is 0 Å². The van der Waals surface area contributed by atoms with Crippen LogP contribution in [0.4, 0.5) is 5.82 Å². The molecule has 1 aliphatic rings. The van der Waals surface area contributed by atoms with Crippen LogP contribution in [0.15, 0.2) is 6.20 Å². The number of piperazine rings is 1. The molecule has 6 heteroatoms. The highest BCUT2D eigenvalue weighted by molar-refractivity contribution is 5.87. The lowest BCUT2D eigenvalue weighted by Crippen LogP contribution is -2.48. The van der Waals surface area contributed by atoms with Gasteiger partial charge in [-0.15, -0.1) is 0 Å². The van der Waals surface area contributed by atoms with Crippen LogP contribution in [0.2, 0.25) is 0 Å². The van der Waals surface area contributed by atoms with Crippen LogP contribution in [0, 0.1) is 0 Å². The molecule has 0 unspecified atom stereocenters. The predicted octanol–water partition coefficient (Wildman–Crippen LogP) is 3.62. The SMILES string of the molecule is CCCCc1nc(N)c2[nH]cc(CCCCCN3CCN(C(C)C)CC3)c2n1. The number of nitrogens with zero attached hydrogens (tertiary/aromatic N) is 4. The van der Waals surface area contributed by atoms with Gasteiger partial charge < -0.3 is 15.6 Å². The molecule has 0 aliphatic carbocycles. The number of anilines is 1. The van der Waals surface area contributed by atoms with Crippen LogP contribution in [0.3, 0.4) is 0 Å². The highest BCUT2D eigenvalue weighted by atomic mass is 15.3. The van der Waals surface area contributed by atoms with Crippen molar-refractivity contribution in [2.45, 2.75) is 71.8 Å². The third kappa shape index (κ3) is 5.45. The first kappa shape index (κ1) is 21.1. The maximum atomic E-state index is 6.14. The van der Waals surface area contributed by atoms with E-state index in [0.717, 1.165) is 42.5 Å². The number of nitrogens with two attached hydrogens (primary N) is 1. The molecule has 2 aromatic rings. The van der Waals surface area contributed by atoms with E-state index in [1.165, 1.54) is 57.5 Å². The highest BCUT2D eigenvalue weighted by Gasteiger charge is 2.18. The number of aromatic nitrogens is 3. The van der Waals surface area contributed by atoms with E-state index in [1.54, 1.807) is 0 Å². The molecule has 28 heavy (non-hydrogen) atoms. The highest BCUT2D eigenvalue weighted by Crippen LogP contribution is 2.23. The first-order valence-electron chi connectivity index (χ1n) is 11.2. The number of H-pyrrole nitrogens is 1. The molecule has 3 N–H and O–H groups in total. The van der Waals surface area contributed by atoms with Gasteiger partial charge in [0.1, 0.15) is 11.3 Å². The lowest BCUT2D eigenvalue weighted by molar-refractivity contribution is 0.107. The van der Waals surface area contributed by atoms with E-state index in [2.05, 4.69) is 46.7 Å². The van der Waals surface area contributed by atoms with Crippen LogP contribution in [0.1, 0.15) is 64.3 Å². The van der Waals surface area contributed by atoms with Gasteiger partial charge in [0, 0.05) is 44.8 Å². The summed E-state index contributed by atoms with van der Waals surface area (Å²) in [6.07, 6.45) is 10.0. The summed E-state index contributed by atoms with van der Waals surface area (Å²) in [6.45, 7) is 12.9. The third-order valence-electron chi connectivity index (χ3n) is 5.99. The molecule has 0 atom stereocenters. The number of hydrogen-bond acceptors (Lipinski definition) is 5. The van der Waals surface area contributed by atoms with Crippen LogP contribution >= 0.6 is 0 Å². The minimum Gasteiger partial charge on any atom is -0.382 e. The monoisotopic (exact) mass is 386 g/mol. The lowest BCUT2D eigenvalue weighted by atomic mass is 10.1. The number of fused-ring (bicyclic) bond motifs is 1. The fourth-order valence-corrected chi connectivity index (χ4v) is 4.10. The summed E-state index contributed by atoms with van der Waals surface area (Å²) in [5.41, 5.74) is 9.35. The Bertz CT molecular complexity index is 730. The normalized spacial score (nSPS) is 16.4. The van der Waals surface area contributed by atoms with Crippen molar-refractivity contribution >= 4 is 16.9 Å². The fourth-order valence-electron chi connectivity index (χ4n) is 4.10. The molecule has 0 amide bonds. The Hall–Kier alpha value is -1.66. The van der Waals surface area contributed by atoms with Crippen molar-refractivity contribution in [1.29, 1.82) is 0 Å². The average molecular weight is 387 g/mol. The number of unbranched alkanes of at least 4 members (excludes halogenated alkanes) is 3. The van der Waals surface area contributed by atoms with E-state index in [9.17, 15) is 0 Å². The molecule has 1 saturated heterocycles. The number of nitrogens with one attached hydrogen (secondary N) is 1. The maximum Gasteiger partial charge on any atom is 0.151 e. The number of aryl methyl sites for hydroxylation is 2. The molecule has 1 fully saturated rings. The molecule has 0 aromatic carbocycles. The largest absolute Gasteiger partial charge is 0.382 e. The third-order valence-corrected chi connectivity index (χ3v) is 5.99. The van der Waals surface area contributed by atoms with Crippen LogP contribution in [-0.4, -0.2) is 63.5 Å². The van der Waals surface area contributed by atoms with Gasteiger partial charge in [-0.1, -0.05) is 19.8 Å². The van der Waals surface area contributed by atoms with Crippen molar-refractivity contribution in [2.75, 3.05) is 38.5 Å². The topological polar surface area (TPSA) is 74.1 Å². The molecule has 0 radical (unpaired) electrons. The molecule has 0 bridgehead atoms. The molecule has 6 nitrogen and oxygen atoms in total. The Morgan fingerprint density at radius 3 is 2.54 bits per heavy atom. The zero-order valence-electron chi connectivity index (χ0n) is 18.0. The Labute approximate surface area is 169 Å². The van der Waals surface area contributed by atoms with Crippen LogP contribution in [-0.2, 0) is 12.8 Å². The van der Waals surface area contributed by atoms with Gasteiger partial charge in [-0.25, -0.2) is 9.97 Å². The Morgan fingerprint density at radius 1 is 1.04 bits per heavy atom. The summed E-state index contributed by atoms with van der Waals surface area (Å²) in [4.78, 5) is 17.7. The predicted molar refractivity (Wildman–Crippen MR) is 118 cm³/mol. The summed E-state index contributed by atoms with van der Waals surface area (Å²) in [6, 6.07) is 0.679. The molecular formula is C22H38N6. The smallest absolute Gasteiger partial charge is 0.151 e. The van der Waals surface area contributed by atoms with Crippen LogP contribution in [0.25, 0.3) is 11.0 Å². The molecule has 0 saturated carbocycles. The summed E-state index contributed by atoms with van der Waals surface area (Å²) in [7, 11) is 0. The van der Waals surface area contributed by atoms with E-state index in [0.29, 0.717) is 11.9 Å². The second-order valence-electron chi connectivity index (χ2n) is 8.45.